The highest BCUT2D eigenvalue weighted by Gasteiger charge is 2.17. The summed E-state index contributed by atoms with van der Waals surface area (Å²) in [6, 6.07) is 7.83. The molecule has 106 valence electrons. The van der Waals surface area contributed by atoms with Crippen molar-refractivity contribution in [1.29, 1.82) is 0 Å². The molecular weight excluding hydrogens is 309 g/mol. The van der Waals surface area contributed by atoms with E-state index in [-0.39, 0.29) is 6.04 Å². The molecule has 4 heteroatoms. The molecule has 1 aliphatic rings. The summed E-state index contributed by atoms with van der Waals surface area (Å²) in [5.41, 5.74) is 8.92. The second-order valence-corrected chi connectivity index (χ2v) is 7.29. The Morgan fingerprint density at radius 2 is 1.80 bits per heavy atom. The summed E-state index contributed by atoms with van der Waals surface area (Å²) in [6.45, 7) is 0. The standard InChI is InChI=1S/C16H17Cl2NS/c17-12-7-6-11(8-13(12)18)16(19)15-9-10-4-2-1-3-5-14(10)20-15/h6-9,16H,1-5,19H2. The van der Waals surface area contributed by atoms with E-state index >= 15 is 0 Å². The van der Waals surface area contributed by atoms with Gasteiger partial charge in [0.2, 0.25) is 0 Å². The highest BCUT2D eigenvalue weighted by Crippen LogP contribution is 2.35. The molecule has 0 amide bonds. The van der Waals surface area contributed by atoms with Crippen LogP contribution in [0, 0.1) is 0 Å². The van der Waals surface area contributed by atoms with Gasteiger partial charge in [0.15, 0.2) is 0 Å². The average molecular weight is 326 g/mol. The monoisotopic (exact) mass is 325 g/mol. The van der Waals surface area contributed by atoms with Crippen LogP contribution in [0.3, 0.4) is 0 Å². The third kappa shape index (κ3) is 2.89. The van der Waals surface area contributed by atoms with Crippen LogP contribution in [0.5, 0.6) is 0 Å². The summed E-state index contributed by atoms with van der Waals surface area (Å²) in [5.74, 6) is 0. The van der Waals surface area contributed by atoms with Gasteiger partial charge in [-0.15, -0.1) is 11.3 Å². The first-order valence-corrected chi connectivity index (χ1v) is 8.54. The summed E-state index contributed by atoms with van der Waals surface area (Å²) in [5, 5.41) is 1.14. The van der Waals surface area contributed by atoms with Gasteiger partial charge in [-0.05, 0) is 55.0 Å². The van der Waals surface area contributed by atoms with Gasteiger partial charge in [0.1, 0.15) is 0 Å². The average Bonchev–Trinajstić information content (AvgIpc) is 2.72. The lowest BCUT2D eigenvalue weighted by atomic mass is 10.0. The first-order valence-electron chi connectivity index (χ1n) is 6.97. The van der Waals surface area contributed by atoms with Crippen LogP contribution in [0.1, 0.15) is 46.2 Å². The summed E-state index contributed by atoms with van der Waals surface area (Å²) in [4.78, 5) is 2.75. The molecule has 0 saturated heterocycles. The minimum atomic E-state index is -0.110. The number of thiophene rings is 1. The molecule has 1 aromatic heterocycles. The number of nitrogens with two attached hydrogens (primary N) is 1. The zero-order valence-corrected chi connectivity index (χ0v) is 13.5. The fraction of sp³-hybridized carbons (Fsp3) is 0.375. The smallest absolute Gasteiger partial charge is 0.0646 e. The molecule has 1 unspecified atom stereocenters. The normalized spacial score (nSPS) is 16.6. The van der Waals surface area contributed by atoms with Crippen molar-refractivity contribution < 1.29 is 0 Å². The molecule has 1 aromatic carbocycles. The summed E-state index contributed by atoms with van der Waals surface area (Å²) in [7, 11) is 0. The first-order chi connectivity index (χ1) is 9.65. The molecule has 0 bridgehead atoms. The Kier molecular flexibility index (Phi) is 4.37. The summed E-state index contributed by atoms with van der Waals surface area (Å²) >= 11 is 13.9. The van der Waals surface area contributed by atoms with Crippen molar-refractivity contribution in [2.24, 2.45) is 5.73 Å². The maximum Gasteiger partial charge on any atom is 0.0646 e. The van der Waals surface area contributed by atoms with Crippen LogP contribution >= 0.6 is 34.5 Å². The van der Waals surface area contributed by atoms with Crippen molar-refractivity contribution in [1.82, 2.24) is 0 Å². The van der Waals surface area contributed by atoms with Gasteiger partial charge in [-0.3, -0.25) is 0 Å². The van der Waals surface area contributed by atoms with E-state index in [0.717, 1.165) is 5.56 Å². The fourth-order valence-corrected chi connectivity index (χ4v) is 4.31. The Morgan fingerprint density at radius 1 is 1.00 bits per heavy atom. The molecule has 2 aromatic rings. The lowest BCUT2D eigenvalue weighted by Crippen LogP contribution is -2.10. The van der Waals surface area contributed by atoms with E-state index in [1.165, 1.54) is 47.4 Å². The van der Waals surface area contributed by atoms with Gasteiger partial charge in [0.25, 0.3) is 0 Å². The molecule has 0 saturated carbocycles. The van der Waals surface area contributed by atoms with Crippen molar-refractivity contribution in [2.75, 3.05) is 0 Å². The maximum atomic E-state index is 6.40. The molecule has 1 heterocycles. The van der Waals surface area contributed by atoms with Gasteiger partial charge in [-0.2, -0.15) is 0 Å². The third-order valence-corrected chi connectivity index (χ3v) is 5.93. The topological polar surface area (TPSA) is 26.0 Å². The van der Waals surface area contributed by atoms with Gasteiger partial charge in [-0.1, -0.05) is 35.7 Å². The van der Waals surface area contributed by atoms with Gasteiger partial charge >= 0.3 is 0 Å². The van der Waals surface area contributed by atoms with Crippen LogP contribution in [0.2, 0.25) is 10.0 Å². The Balaban J connectivity index is 1.90. The lowest BCUT2D eigenvalue weighted by molar-refractivity contribution is 0.712. The van der Waals surface area contributed by atoms with Crippen LogP contribution in [-0.4, -0.2) is 0 Å². The molecule has 0 fully saturated rings. The van der Waals surface area contributed by atoms with E-state index in [0.29, 0.717) is 10.0 Å². The van der Waals surface area contributed by atoms with Crippen molar-refractivity contribution in [2.45, 2.75) is 38.1 Å². The van der Waals surface area contributed by atoms with Crippen molar-refractivity contribution >= 4 is 34.5 Å². The lowest BCUT2D eigenvalue weighted by Gasteiger charge is -2.11. The SMILES string of the molecule is NC(c1ccc(Cl)c(Cl)c1)c1cc2c(s1)CCCCC2. The highest BCUT2D eigenvalue weighted by atomic mass is 35.5. The molecule has 1 aliphatic carbocycles. The number of hydrogen-bond acceptors (Lipinski definition) is 2. The molecular formula is C16H17Cl2NS. The van der Waals surface area contributed by atoms with Crippen molar-refractivity contribution in [3.05, 3.63) is 55.2 Å². The van der Waals surface area contributed by atoms with Crippen LogP contribution in [0.25, 0.3) is 0 Å². The molecule has 20 heavy (non-hydrogen) atoms. The minimum Gasteiger partial charge on any atom is -0.320 e. The Hall–Kier alpha value is -0.540. The molecule has 0 spiro atoms. The molecule has 1 atom stereocenters. The quantitative estimate of drug-likeness (QED) is 0.738. The second kappa shape index (κ2) is 6.07. The third-order valence-electron chi connectivity index (χ3n) is 3.87. The summed E-state index contributed by atoms with van der Waals surface area (Å²) in [6.07, 6.45) is 6.34. The molecule has 0 radical (unpaired) electrons. The Labute approximate surface area is 133 Å². The highest BCUT2D eigenvalue weighted by molar-refractivity contribution is 7.12. The number of benzene rings is 1. The predicted octanol–water partition coefficient (Wildman–Crippen LogP) is 5.37. The van der Waals surface area contributed by atoms with Gasteiger partial charge in [0, 0.05) is 9.75 Å². The number of aryl methyl sites for hydroxylation is 2. The predicted molar refractivity (Wildman–Crippen MR) is 88.1 cm³/mol. The number of halogens is 2. The van der Waals surface area contributed by atoms with E-state index in [2.05, 4.69) is 6.07 Å². The fourth-order valence-electron chi connectivity index (χ4n) is 2.71. The van der Waals surface area contributed by atoms with Crippen molar-refractivity contribution in [3.8, 4) is 0 Å². The number of fused-ring (bicyclic) bond motifs is 1. The number of rotatable bonds is 2. The van der Waals surface area contributed by atoms with Gasteiger partial charge in [0.05, 0.1) is 16.1 Å². The summed E-state index contributed by atoms with van der Waals surface area (Å²) < 4.78 is 0. The van der Waals surface area contributed by atoms with Crippen molar-refractivity contribution in [3.63, 3.8) is 0 Å². The second-order valence-electron chi connectivity index (χ2n) is 5.31. The maximum absolute atomic E-state index is 6.40. The van der Waals surface area contributed by atoms with Gasteiger partial charge < -0.3 is 5.73 Å². The van der Waals surface area contributed by atoms with Crippen LogP contribution < -0.4 is 5.73 Å². The Morgan fingerprint density at radius 3 is 2.60 bits per heavy atom. The minimum absolute atomic E-state index is 0.110. The molecule has 2 N–H and O–H groups in total. The zero-order chi connectivity index (χ0) is 14.1. The van der Waals surface area contributed by atoms with Crippen LogP contribution in [0.15, 0.2) is 24.3 Å². The zero-order valence-electron chi connectivity index (χ0n) is 11.2. The first kappa shape index (κ1) is 14.4. The van der Waals surface area contributed by atoms with E-state index in [9.17, 15) is 0 Å². The Bertz CT molecular complexity index is 597. The van der Waals surface area contributed by atoms with Crippen LogP contribution in [-0.2, 0) is 12.8 Å². The molecule has 3 rings (SSSR count). The van der Waals surface area contributed by atoms with E-state index < -0.39 is 0 Å². The number of hydrogen-bond donors (Lipinski definition) is 1. The van der Waals surface area contributed by atoms with E-state index in [4.69, 9.17) is 28.9 Å². The molecule has 0 aliphatic heterocycles. The van der Waals surface area contributed by atoms with E-state index in [1.807, 2.05) is 29.5 Å². The van der Waals surface area contributed by atoms with Gasteiger partial charge in [-0.25, -0.2) is 0 Å². The van der Waals surface area contributed by atoms with Crippen LogP contribution in [0.4, 0.5) is 0 Å². The molecule has 1 nitrogen and oxygen atoms in total. The van der Waals surface area contributed by atoms with E-state index in [1.54, 1.807) is 0 Å². The largest absolute Gasteiger partial charge is 0.320 e.